The molecule has 100 valence electrons. The van der Waals surface area contributed by atoms with E-state index in [-0.39, 0.29) is 40.5 Å². The van der Waals surface area contributed by atoms with E-state index in [0.717, 1.165) is 24.3 Å². The molecule has 0 spiro atoms. The summed E-state index contributed by atoms with van der Waals surface area (Å²) in [6.45, 7) is 0. The molecule has 6 heteroatoms. The van der Waals surface area contributed by atoms with Gasteiger partial charge in [-0.25, -0.2) is 0 Å². The van der Waals surface area contributed by atoms with E-state index in [4.69, 9.17) is 0 Å². The predicted octanol–water partition coefficient (Wildman–Crippen LogP) is 1.51. The van der Waals surface area contributed by atoms with Gasteiger partial charge in [-0.15, -0.1) is 0 Å². The highest BCUT2D eigenvalue weighted by Crippen LogP contribution is 2.38. The topological polar surface area (TPSA) is 121 Å². The Hall–Kier alpha value is -2.76. The van der Waals surface area contributed by atoms with Crippen molar-refractivity contribution >= 4 is 0 Å². The van der Waals surface area contributed by atoms with Crippen LogP contribution in [-0.4, -0.2) is 30.6 Å². The third-order valence-corrected chi connectivity index (χ3v) is 2.73. The van der Waals surface area contributed by atoms with Crippen molar-refractivity contribution in [2.24, 2.45) is 0 Å². The van der Waals surface area contributed by atoms with Crippen LogP contribution in [0.4, 0.5) is 0 Å². The van der Waals surface area contributed by atoms with Gasteiger partial charge in [-0.1, -0.05) is 0 Å². The Morgan fingerprint density at radius 1 is 0.579 bits per heavy atom. The molecule has 0 fully saturated rings. The zero-order chi connectivity index (χ0) is 14.2. The lowest BCUT2D eigenvalue weighted by Crippen LogP contribution is -1.91. The monoisotopic (exact) mass is 264 g/mol. The molecular formula is C13H12O6. The van der Waals surface area contributed by atoms with Crippen LogP contribution in [0.1, 0.15) is 11.1 Å². The highest BCUT2D eigenvalue weighted by atomic mass is 16.3. The minimum Gasteiger partial charge on any atom is -0.508 e. The molecule has 6 N–H and O–H groups in total. The molecule has 0 atom stereocenters. The number of phenolic OH excluding ortho intramolecular Hbond substituents is 6. The van der Waals surface area contributed by atoms with Gasteiger partial charge in [-0.3, -0.25) is 0 Å². The maximum Gasteiger partial charge on any atom is 0.161 e. The van der Waals surface area contributed by atoms with Gasteiger partial charge >= 0.3 is 0 Å². The fourth-order valence-corrected chi connectivity index (χ4v) is 1.75. The van der Waals surface area contributed by atoms with Crippen LogP contribution in [0.2, 0.25) is 0 Å². The summed E-state index contributed by atoms with van der Waals surface area (Å²) in [4.78, 5) is 0. The summed E-state index contributed by atoms with van der Waals surface area (Å²) in [5, 5.41) is 56.6. The molecule has 2 aromatic rings. The molecule has 19 heavy (non-hydrogen) atoms. The van der Waals surface area contributed by atoms with Crippen molar-refractivity contribution in [1.29, 1.82) is 0 Å². The van der Waals surface area contributed by atoms with Crippen LogP contribution < -0.4 is 0 Å². The van der Waals surface area contributed by atoms with Gasteiger partial charge < -0.3 is 30.6 Å². The number of phenols is 6. The summed E-state index contributed by atoms with van der Waals surface area (Å²) < 4.78 is 0. The van der Waals surface area contributed by atoms with Crippen molar-refractivity contribution in [2.75, 3.05) is 0 Å². The first kappa shape index (κ1) is 12.7. The highest BCUT2D eigenvalue weighted by Gasteiger charge is 2.14. The molecule has 0 aliphatic rings. The average Bonchev–Trinajstić information content (AvgIpc) is 2.29. The minimum atomic E-state index is -0.472. The molecule has 0 unspecified atom stereocenters. The summed E-state index contributed by atoms with van der Waals surface area (Å²) in [5.41, 5.74) is 0.282. The second-order valence-corrected chi connectivity index (χ2v) is 4.11. The molecule has 2 rings (SSSR count). The fourth-order valence-electron chi connectivity index (χ4n) is 1.75. The largest absolute Gasteiger partial charge is 0.508 e. The van der Waals surface area contributed by atoms with Gasteiger partial charge in [-0.2, -0.15) is 0 Å². The standard InChI is InChI=1S/C13H12O6/c14-7-3-10(16)8(11(17)4-7)1-6-2-12(18)13(19)5-9(6)15/h2-5,14-19H,1H2. The predicted molar refractivity (Wildman–Crippen MR) is 65.7 cm³/mol. The lowest BCUT2D eigenvalue weighted by Gasteiger charge is -2.10. The smallest absolute Gasteiger partial charge is 0.161 e. The molecule has 0 saturated carbocycles. The molecule has 0 bridgehead atoms. The van der Waals surface area contributed by atoms with Gasteiger partial charge in [0.25, 0.3) is 0 Å². The molecule has 6 nitrogen and oxygen atoms in total. The van der Waals surface area contributed by atoms with Gasteiger partial charge in [0.2, 0.25) is 0 Å². The van der Waals surface area contributed by atoms with Gasteiger partial charge in [0, 0.05) is 35.7 Å². The van der Waals surface area contributed by atoms with Crippen molar-refractivity contribution in [3.8, 4) is 34.5 Å². The number of hydrogen-bond donors (Lipinski definition) is 6. The Morgan fingerprint density at radius 2 is 1.11 bits per heavy atom. The van der Waals surface area contributed by atoms with E-state index in [0.29, 0.717) is 0 Å². The summed E-state index contributed by atoms with van der Waals surface area (Å²) in [7, 11) is 0. The van der Waals surface area contributed by atoms with Gasteiger partial charge in [0.05, 0.1) is 0 Å². The lowest BCUT2D eigenvalue weighted by atomic mass is 10.0. The van der Waals surface area contributed by atoms with Crippen LogP contribution >= 0.6 is 0 Å². The number of benzene rings is 2. The van der Waals surface area contributed by atoms with Crippen molar-refractivity contribution in [2.45, 2.75) is 6.42 Å². The first-order valence-corrected chi connectivity index (χ1v) is 5.36. The quantitative estimate of drug-likeness (QED) is 0.361. The summed E-state index contributed by atoms with van der Waals surface area (Å²) in [6.07, 6.45) is -0.0857. The van der Waals surface area contributed by atoms with Crippen LogP contribution in [0.25, 0.3) is 0 Å². The molecular weight excluding hydrogens is 252 g/mol. The van der Waals surface area contributed by atoms with Crippen molar-refractivity contribution in [3.05, 3.63) is 35.4 Å². The summed E-state index contributed by atoms with van der Waals surface area (Å²) in [5.74, 6) is -2.17. The molecule has 0 amide bonds. The average molecular weight is 264 g/mol. The number of rotatable bonds is 2. The van der Waals surface area contributed by atoms with Crippen LogP contribution in [0.5, 0.6) is 34.5 Å². The molecule has 2 aromatic carbocycles. The van der Waals surface area contributed by atoms with Crippen molar-refractivity contribution in [1.82, 2.24) is 0 Å². The second-order valence-electron chi connectivity index (χ2n) is 4.11. The Labute approximate surface area is 108 Å². The summed E-state index contributed by atoms with van der Waals surface area (Å²) in [6, 6.07) is 4.17. The Bertz CT molecular complexity index is 612. The van der Waals surface area contributed by atoms with Crippen molar-refractivity contribution in [3.63, 3.8) is 0 Å². The SMILES string of the molecule is Oc1cc(O)c(Cc2cc(O)c(O)cc2O)c(O)c1. The zero-order valence-corrected chi connectivity index (χ0v) is 9.70. The van der Waals surface area contributed by atoms with E-state index >= 15 is 0 Å². The molecule has 0 radical (unpaired) electrons. The van der Waals surface area contributed by atoms with Crippen LogP contribution in [0, 0.1) is 0 Å². The van der Waals surface area contributed by atoms with Crippen LogP contribution in [0.3, 0.4) is 0 Å². The van der Waals surface area contributed by atoms with E-state index in [9.17, 15) is 30.6 Å². The highest BCUT2D eigenvalue weighted by molar-refractivity contribution is 5.55. The molecule has 0 aliphatic carbocycles. The van der Waals surface area contributed by atoms with E-state index in [1.807, 2.05) is 0 Å². The third-order valence-electron chi connectivity index (χ3n) is 2.73. The van der Waals surface area contributed by atoms with E-state index in [2.05, 4.69) is 0 Å². The van der Waals surface area contributed by atoms with Crippen LogP contribution in [-0.2, 0) is 6.42 Å². The zero-order valence-electron chi connectivity index (χ0n) is 9.70. The molecule has 0 aromatic heterocycles. The van der Waals surface area contributed by atoms with E-state index in [1.165, 1.54) is 0 Å². The van der Waals surface area contributed by atoms with Gasteiger partial charge in [0.1, 0.15) is 23.0 Å². The van der Waals surface area contributed by atoms with Crippen molar-refractivity contribution < 1.29 is 30.6 Å². The minimum absolute atomic E-state index is 0.0817. The first-order valence-electron chi connectivity index (χ1n) is 5.36. The van der Waals surface area contributed by atoms with E-state index < -0.39 is 11.5 Å². The first-order chi connectivity index (χ1) is 8.88. The Balaban J connectivity index is 2.45. The maximum atomic E-state index is 9.63. The second kappa shape index (κ2) is 4.49. The molecule has 0 aliphatic heterocycles. The maximum absolute atomic E-state index is 9.63. The Kier molecular flexibility index (Phi) is 3.00. The fraction of sp³-hybridized carbons (Fsp3) is 0.0769. The summed E-state index contributed by atoms with van der Waals surface area (Å²) >= 11 is 0. The van der Waals surface area contributed by atoms with Crippen LogP contribution in [0.15, 0.2) is 24.3 Å². The molecule has 0 heterocycles. The normalized spacial score (nSPS) is 10.5. The number of hydrogen-bond acceptors (Lipinski definition) is 6. The van der Waals surface area contributed by atoms with E-state index in [1.54, 1.807) is 0 Å². The molecule has 0 saturated heterocycles. The third kappa shape index (κ3) is 2.42. The lowest BCUT2D eigenvalue weighted by molar-refractivity contribution is 0.394. The Morgan fingerprint density at radius 3 is 1.68 bits per heavy atom. The number of aromatic hydroxyl groups is 6. The van der Waals surface area contributed by atoms with Gasteiger partial charge in [0.15, 0.2) is 11.5 Å². The van der Waals surface area contributed by atoms with Gasteiger partial charge in [-0.05, 0) is 6.07 Å².